The van der Waals surface area contributed by atoms with E-state index in [1.54, 1.807) is 0 Å². The lowest BCUT2D eigenvalue weighted by molar-refractivity contribution is -0.121. The zero-order chi connectivity index (χ0) is 19.6. The Kier molecular flexibility index (Phi) is 8.48. The third-order valence-electron chi connectivity index (χ3n) is 4.30. The van der Waals surface area contributed by atoms with E-state index in [-0.39, 0.29) is 17.7 Å². The van der Waals surface area contributed by atoms with Gasteiger partial charge in [-0.1, -0.05) is 18.2 Å². The van der Waals surface area contributed by atoms with E-state index in [0.717, 1.165) is 16.2 Å². The van der Waals surface area contributed by atoms with Crippen LogP contribution in [0.15, 0.2) is 41.8 Å². The van der Waals surface area contributed by atoms with E-state index in [0.29, 0.717) is 32.4 Å². The zero-order valence-corrected chi connectivity index (χ0v) is 17.1. The summed E-state index contributed by atoms with van der Waals surface area (Å²) in [5, 5.41) is 4.88. The molecule has 1 amide bonds. The molecule has 2 aromatic rings. The number of amides is 1. The van der Waals surface area contributed by atoms with Crippen molar-refractivity contribution in [2.75, 3.05) is 27.2 Å². The topological polar surface area (TPSA) is 58.6 Å². The number of hydrogen-bond donors (Lipinski definition) is 1. The zero-order valence-electron chi connectivity index (χ0n) is 16.2. The van der Waals surface area contributed by atoms with Gasteiger partial charge in [0.25, 0.3) is 0 Å². The standard InChI is InChI=1S/C21H28N2O3S/c1-4-26-17-12-10-16(11-13-17)18(23(2)3)15-22-21(25)9-5-7-19(24)20-8-6-14-27-20/h6,8,10-14,18H,4-5,7,9,15H2,1-3H3,(H,22,25). The van der Waals surface area contributed by atoms with Crippen molar-refractivity contribution in [3.63, 3.8) is 0 Å². The first-order chi connectivity index (χ1) is 13.0. The van der Waals surface area contributed by atoms with E-state index in [4.69, 9.17) is 4.74 Å². The Morgan fingerprint density at radius 2 is 1.89 bits per heavy atom. The van der Waals surface area contributed by atoms with Gasteiger partial charge >= 0.3 is 0 Å². The smallest absolute Gasteiger partial charge is 0.220 e. The maximum Gasteiger partial charge on any atom is 0.220 e. The SMILES string of the molecule is CCOc1ccc(C(CNC(=O)CCCC(=O)c2cccs2)N(C)C)cc1. The summed E-state index contributed by atoms with van der Waals surface area (Å²) in [5.74, 6) is 0.934. The number of benzene rings is 1. The number of nitrogens with one attached hydrogen (secondary N) is 1. The van der Waals surface area contributed by atoms with Crippen LogP contribution in [0.4, 0.5) is 0 Å². The molecule has 1 aromatic carbocycles. The van der Waals surface area contributed by atoms with Gasteiger partial charge in [-0.2, -0.15) is 0 Å². The predicted molar refractivity (Wildman–Crippen MR) is 110 cm³/mol. The second-order valence-corrected chi connectivity index (χ2v) is 7.49. The van der Waals surface area contributed by atoms with Crippen LogP contribution in [0.2, 0.25) is 0 Å². The number of carbonyl (C=O) groups excluding carboxylic acids is 2. The van der Waals surface area contributed by atoms with E-state index in [1.165, 1.54) is 11.3 Å². The van der Waals surface area contributed by atoms with Gasteiger partial charge in [-0.05, 0) is 56.6 Å². The first-order valence-electron chi connectivity index (χ1n) is 9.23. The minimum Gasteiger partial charge on any atom is -0.494 e. The van der Waals surface area contributed by atoms with Crippen LogP contribution in [-0.2, 0) is 4.79 Å². The van der Waals surface area contributed by atoms with Crippen molar-refractivity contribution in [1.29, 1.82) is 0 Å². The number of rotatable bonds is 11. The van der Waals surface area contributed by atoms with Crippen LogP contribution in [0, 0.1) is 0 Å². The molecule has 0 aliphatic heterocycles. The van der Waals surface area contributed by atoms with Crippen LogP contribution in [0.5, 0.6) is 5.75 Å². The number of thiophene rings is 1. The van der Waals surface area contributed by atoms with Crippen LogP contribution >= 0.6 is 11.3 Å². The predicted octanol–water partition coefficient (Wildman–Crippen LogP) is 3.92. The van der Waals surface area contributed by atoms with Crippen LogP contribution in [0.3, 0.4) is 0 Å². The second kappa shape index (κ2) is 10.8. The molecule has 1 heterocycles. The Labute approximate surface area is 165 Å². The van der Waals surface area contributed by atoms with Gasteiger partial charge in [-0.15, -0.1) is 11.3 Å². The Morgan fingerprint density at radius 1 is 1.15 bits per heavy atom. The summed E-state index contributed by atoms with van der Waals surface area (Å²) in [5.41, 5.74) is 1.12. The number of ketones is 1. The van der Waals surface area contributed by atoms with E-state index >= 15 is 0 Å². The number of Topliss-reactive ketones (excluding diaryl/α,β-unsaturated/α-hetero) is 1. The lowest BCUT2D eigenvalue weighted by Crippen LogP contribution is -2.34. The van der Waals surface area contributed by atoms with Crippen molar-refractivity contribution in [1.82, 2.24) is 10.2 Å². The van der Waals surface area contributed by atoms with E-state index in [9.17, 15) is 9.59 Å². The molecule has 0 fully saturated rings. The highest BCUT2D eigenvalue weighted by Gasteiger charge is 2.16. The Morgan fingerprint density at radius 3 is 2.48 bits per heavy atom. The summed E-state index contributed by atoms with van der Waals surface area (Å²) in [7, 11) is 3.99. The van der Waals surface area contributed by atoms with E-state index in [2.05, 4.69) is 10.2 Å². The Hall–Kier alpha value is -2.18. The van der Waals surface area contributed by atoms with Crippen molar-refractivity contribution in [3.8, 4) is 5.75 Å². The molecular formula is C21H28N2O3S. The van der Waals surface area contributed by atoms with Crippen LogP contribution in [0.1, 0.15) is 47.5 Å². The largest absolute Gasteiger partial charge is 0.494 e. The summed E-state index contributed by atoms with van der Waals surface area (Å²) >= 11 is 1.44. The quantitative estimate of drug-likeness (QED) is 0.593. The Balaban J connectivity index is 1.79. The molecule has 27 heavy (non-hydrogen) atoms. The molecule has 0 spiro atoms. The van der Waals surface area contributed by atoms with Gasteiger partial charge in [-0.25, -0.2) is 0 Å². The van der Waals surface area contributed by atoms with E-state index in [1.807, 2.05) is 62.8 Å². The molecule has 0 saturated heterocycles. The molecular weight excluding hydrogens is 360 g/mol. The van der Waals surface area contributed by atoms with Crippen molar-refractivity contribution in [2.45, 2.75) is 32.2 Å². The molecule has 5 nitrogen and oxygen atoms in total. The first kappa shape index (κ1) is 21.1. The van der Waals surface area contributed by atoms with Gasteiger partial charge in [0.1, 0.15) is 5.75 Å². The number of likely N-dealkylation sites (N-methyl/N-ethyl adjacent to an activating group) is 1. The lowest BCUT2D eigenvalue weighted by Gasteiger charge is -2.25. The highest BCUT2D eigenvalue weighted by molar-refractivity contribution is 7.12. The van der Waals surface area contributed by atoms with Crippen molar-refractivity contribution in [3.05, 3.63) is 52.2 Å². The molecule has 146 valence electrons. The molecule has 0 aliphatic carbocycles. The third-order valence-corrected chi connectivity index (χ3v) is 5.21. The first-order valence-corrected chi connectivity index (χ1v) is 10.1. The van der Waals surface area contributed by atoms with Gasteiger partial charge in [0.05, 0.1) is 17.5 Å². The van der Waals surface area contributed by atoms with Crippen LogP contribution in [-0.4, -0.2) is 43.8 Å². The molecule has 1 aromatic heterocycles. The minimum atomic E-state index is -0.0215. The molecule has 0 radical (unpaired) electrons. The van der Waals surface area contributed by atoms with Gasteiger partial charge in [0.2, 0.25) is 5.91 Å². The monoisotopic (exact) mass is 388 g/mol. The number of carbonyl (C=O) groups is 2. The molecule has 0 aliphatic rings. The summed E-state index contributed by atoms with van der Waals surface area (Å²) < 4.78 is 5.48. The number of nitrogens with zero attached hydrogens (tertiary/aromatic N) is 1. The lowest BCUT2D eigenvalue weighted by atomic mass is 10.1. The molecule has 1 atom stereocenters. The average Bonchev–Trinajstić information content (AvgIpc) is 3.18. The van der Waals surface area contributed by atoms with Crippen LogP contribution in [0.25, 0.3) is 0 Å². The van der Waals surface area contributed by atoms with Gasteiger partial charge in [-0.3, -0.25) is 9.59 Å². The summed E-state index contributed by atoms with van der Waals surface area (Å²) in [6.07, 6.45) is 1.34. The van der Waals surface area contributed by atoms with Crippen molar-refractivity contribution >= 4 is 23.0 Å². The molecule has 2 rings (SSSR count). The number of ether oxygens (including phenoxy) is 1. The average molecular weight is 389 g/mol. The molecule has 6 heteroatoms. The summed E-state index contributed by atoms with van der Waals surface area (Å²) in [6.45, 7) is 3.13. The van der Waals surface area contributed by atoms with Gasteiger partial charge in [0, 0.05) is 19.4 Å². The maximum atomic E-state index is 12.2. The van der Waals surface area contributed by atoms with Gasteiger partial charge < -0.3 is 15.0 Å². The fraction of sp³-hybridized carbons (Fsp3) is 0.429. The third kappa shape index (κ3) is 6.81. The Bertz CT molecular complexity index is 712. The van der Waals surface area contributed by atoms with Gasteiger partial charge in [0.15, 0.2) is 5.78 Å². The minimum absolute atomic E-state index is 0.0215. The maximum absolute atomic E-state index is 12.2. The number of hydrogen-bond acceptors (Lipinski definition) is 5. The summed E-state index contributed by atoms with van der Waals surface area (Å²) in [4.78, 5) is 27.0. The normalized spacial score (nSPS) is 12.0. The van der Waals surface area contributed by atoms with Crippen molar-refractivity contribution in [2.24, 2.45) is 0 Å². The molecule has 1 N–H and O–H groups in total. The van der Waals surface area contributed by atoms with Crippen molar-refractivity contribution < 1.29 is 14.3 Å². The van der Waals surface area contributed by atoms with E-state index < -0.39 is 0 Å². The van der Waals surface area contributed by atoms with Crippen LogP contribution < -0.4 is 10.1 Å². The molecule has 0 saturated carbocycles. The highest BCUT2D eigenvalue weighted by atomic mass is 32.1. The molecule has 1 unspecified atom stereocenters. The fourth-order valence-electron chi connectivity index (χ4n) is 2.82. The molecule has 0 bridgehead atoms. The summed E-state index contributed by atoms with van der Waals surface area (Å²) in [6, 6.07) is 11.7. The second-order valence-electron chi connectivity index (χ2n) is 6.54. The fourth-order valence-corrected chi connectivity index (χ4v) is 3.51. The highest BCUT2D eigenvalue weighted by Crippen LogP contribution is 2.21.